The zero-order valence-electron chi connectivity index (χ0n) is 15.2. The van der Waals surface area contributed by atoms with E-state index in [1.54, 1.807) is 0 Å². The number of hydrogen-bond acceptors (Lipinski definition) is 4. The molecule has 0 aliphatic carbocycles. The van der Waals surface area contributed by atoms with Gasteiger partial charge in [0.1, 0.15) is 5.82 Å². The summed E-state index contributed by atoms with van der Waals surface area (Å²) in [5, 5.41) is 8.77. The number of aryl methyl sites for hydroxylation is 2. The molecule has 0 fully saturated rings. The monoisotopic (exact) mass is 341 g/mol. The Morgan fingerprint density at radius 3 is 2.64 bits per heavy atom. The molecule has 0 bridgehead atoms. The van der Waals surface area contributed by atoms with Gasteiger partial charge in [-0.05, 0) is 38.0 Å². The van der Waals surface area contributed by atoms with E-state index in [1.165, 1.54) is 19.3 Å². The summed E-state index contributed by atoms with van der Waals surface area (Å²) in [7, 11) is 0. The van der Waals surface area contributed by atoms with Gasteiger partial charge < -0.3 is 10.6 Å². The third kappa shape index (κ3) is 6.79. The summed E-state index contributed by atoms with van der Waals surface area (Å²) in [6, 6.07) is 9.14. The lowest BCUT2D eigenvalue weighted by molar-refractivity contribution is 0.262. The number of urea groups is 1. The number of rotatable bonds is 8. The maximum atomic E-state index is 12.1. The molecule has 134 valence electrons. The average Bonchev–Trinajstić information content (AvgIpc) is 2.54. The second-order valence-electron chi connectivity index (χ2n) is 6.15. The Morgan fingerprint density at radius 1 is 1.04 bits per heavy atom. The SMILES string of the molecule is CCCCCCNc1cc(C)nc(NC(=O)Nc2cccc(C)c2)n1. The van der Waals surface area contributed by atoms with Gasteiger partial charge in [0.2, 0.25) is 5.95 Å². The van der Waals surface area contributed by atoms with Gasteiger partial charge in [-0.3, -0.25) is 5.32 Å². The first-order chi connectivity index (χ1) is 12.1. The van der Waals surface area contributed by atoms with Gasteiger partial charge in [-0.1, -0.05) is 38.3 Å². The Balaban J connectivity index is 1.91. The lowest BCUT2D eigenvalue weighted by Gasteiger charge is -2.10. The number of carbonyl (C=O) groups is 1. The number of nitrogens with zero attached hydrogens (tertiary/aromatic N) is 2. The Kier molecular flexibility index (Phi) is 7.19. The molecule has 0 radical (unpaired) electrons. The number of amides is 2. The summed E-state index contributed by atoms with van der Waals surface area (Å²) in [6.45, 7) is 6.92. The Bertz CT molecular complexity index is 702. The molecule has 1 aromatic heterocycles. The average molecular weight is 341 g/mol. The van der Waals surface area contributed by atoms with Crippen LogP contribution in [0, 0.1) is 13.8 Å². The molecule has 6 nitrogen and oxygen atoms in total. The van der Waals surface area contributed by atoms with Gasteiger partial charge in [-0.15, -0.1) is 0 Å². The van der Waals surface area contributed by atoms with Crippen molar-refractivity contribution in [1.29, 1.82) is 0 Å². The lowest BCUT2D eigenvalue weighted by Crippen LogP contribution is -2.21. The molecule has 0 spiro atoms. The van der Waals surface area contributed by atoms with Crippen LogP contribution in [0.15, 0.2) is 30.3 Å². The molecule has 0 aliphatic heterocycles. The number of aromatic nitrogens is 2. The van der Waals surface area contributed by atoms with E-state index in [-0.39, 0.29) is 6.03 Å². The highest BCUT2D eigenvalue weighted by atomic mass is 16.2. The van der Waals surface area contributed by atoms with Crippen molar-refractivity contribution in [3.05, 3.63) is 41.6 Å². The first-order valence-corrected chi connectivity index (χ1v) is 8.81. The smallest absolute Gasteiger partial charge is 0.326 e. The van der Waals surface area contributed by atoms with Crippen molar-refractivity contribution in [3.63, 3.8) is 0 Å². The predicted molar refractivity (Wildman–Crippen MR) is 103 cm³/mol. The molecule has 2 aromatic rings. The Labute approximate surface area is 149 Å². The summed E-state index contributed by atoms with van der Waals surface area (Å²) in [4.78, 5) is 20.7. The molecule has 0 aliphatic rings. The summed E-state index contributed by atoms with van der Waals surface area (Å²) in [5.74, 6) is 1.02. The standard InChI is InChI=1S/C19H27N5O/c1-4-5-6-7-11-20-17-13-15(3)21-18(23-17)24-19(25)22-16-10-8-9-14(2)12-16/h8-10,12-13H,4-7,11H2,1-3H3,(H3,20,21,22,23,24,25). The topological polar surface area (TPSA) is 78.9 Å². The van der Waals surface area contributed by atoms with Crippen LogP contribution in [0.5, 0.6) is 0 Å². The zero-order chi connectivity index (χ0) is 18.1. The van der Waals surface area contributed by atoms with Gasteiger partial charge >= 0.3 is 6.03 Å². The van der Waals surface area contributed by atoms with Crippen molar-refractivity contribution in [3.8, 4) is 0 Å². The molecule has 0 saturated heterocycles. The summed E-state index contributed by atoms with van der Waals surface area (Å²) in [6.07, 6.45) is 4.78. The number of hydrogen-bond donors (Lipinski definition) is 3. The van der Waals surface area contributed by atoms with Crippen molar-refractivity contribution in [2.45, 2.75) is 46.5 Å². The lowest BCUT2D eigenvalue weighted by atomic mass is 10.2. The molecule has 0 atom stereocenters. The molecule has 25 heavy (non-hydrogen) atoms. The fourth-order valence-corrected chi connectivity index (χ4v) is 2.47. The second kappa shape index (κ2) is 9.61. The van der Waals surface area contributed by atoms with Crippen LogP contribution in [-0.4, -0.2) is 22.5 Å². The number of unbranched alkanes of at least 4 members (excludes halogenated alkanes) is 3. The highest BCUT2D eigenvalue weighted by molar-refractivity contribution is 5.98. The van der Waals surface area contributed by atoms with Gasteiger partial charge in [0.25, 0.3) is 0 Å². The molecule has 6 heteroatoms. The molecule has 1 aromatic carbocycles. The molecule has 2 amide bonds. The summed E-state index contributed by atoms with van der Waals surface area (Å²) >= 11 is 0. The van der Waals surface area contributed by atoms with Crippen molar-refractivity contribution < 1.29 is 4.79 Å². The third-order valence-corrected chi connectivity index (χ3v) is 3.69. The Morgan fingerprint density at radius 2 is 1.88 bits per heavy atom. The predicted octanol–water partition coefficient (Wildman–Crippen LogP) is 4.73. The van der Waals surface area contributed by atoms with E-state index in [9.17, 15) is 4.79 Å². The third-order valence-electron chi connectivity index (χ3n) is 3.69. The minimum absolute atomic E-state index is 0.293. The normalized spacial score (nSPS) is 10.4. The van der Waals surface area contributed by atoms with Crippen LogP contribution in [0.4, 0.5) is 22.2 Å². The van der Waals surface area contributed by atoms with E-state index in [1.807, 2.05) is 44.2 Å². The second-order valence-corrected chi connectivity index (χ2v) is 6.15. The van der Waals surface area contributed by atoms with Gasteiger partial charge in [-0.2, -0.15) is 4.98 Å². The molecule has 1 heterocycles. The van der Waals surface area contributed by atoms with Crippen LogP contribution in [0.25, 0.3) is 0 Å². The highest BCUT2D eigenvalue weighted by Crippen LogP contribution is 2.12. The van der Waals surface area contributed by atoms with Gasteiger partial charge in [0.05, 0.1) is 0 Å². The molecule has 3 N–H and O–H groups in total. The number of benzene rings is 1. The van der Waals surface area contributed by atoms with E-state index in [2.05, 4.69) is 32.8 Å². The fraction of sp³-hybridized carbons (Fsp3) is 0.421. The fourth-order valence-electron chi connectivity index (χ4n) is 2.47. The molecular formula is C19H27N5O. The van der Waals surface area contributed by atoms with Crippen LogP contribution in [0.2, 0.25) is 0 Å². The van der Waals surface area contributed by atoms with E-state index in [0.29, 0.717) is 5.95 Å². The molecule has 2 rings (SSSR count). The van der Waals surface area contributed by atoms with E-state index >= 15 is 0 Å². The maximum Gasteiger partial charge on any atom is 0.326 e. The largest absolute Gasteiger partial charge is 0.370 e. The van der Waals surface area contributed by atoms with Crippen LogP contribution in [-0.2, 0) is 0 Å². The zero-order valence-corrected chi connectivity index (χ0v) is 15.2. The van der Waals surface area contributed by atoms with Gasteiger partial charge in [-0.25, -0.2) is 9.78 Å². The molecular weight excluding hydrogens is 314 g/mol. The minimum Gasteiger partial charge on any atom is -0.370 e. The van der Waals surface area contributed by atoms with E-state index in [0.717, 1.165) is 35.7 Å². The number of carbonyl (C=O) groups excluding carboxylic acids is 1. The van der Waals surface area contributed by atoms with Crippen molar-refractivity contribution in [2.24, 2.45) is 0 Å². The summed E-state index contributed by atoms with van der Waals surface area (Å²) in [5.41, 5.74) is 2.62. The molecule has 0 saturated carbocycles. The van der Waals surface area contributed by atoms with Gasteiger partial charge in [0.15, 0.2) is 0 Å². The van der Waals surface area contributed by atoms with E-state index < -0.39 is 0 Å². The quantitative estimate of drug-likeness (QED) is 0.607. The van der Waals surface area contributed by atoms with Crippen molar-refractivity contribution in [1.82, 2.24) is 9.97 Å². The van der Waals surface area contributed by atoms with Crippen LogP contribution >= 0.6 is 0 Å². The van der Waals surface area contributed by atoms with Crippen LogP contribution in [0.3, 0.4) is 0 Å². The van der Waals surface area contributed by atoms with Crippen LogP contribution < -0.4 is 16.0 Å². The number of anilines is 3. The van der Waals surface area contributed by atoms with E-state index in [4.69, 9.17) is 0 Å². The number of nitrogens with one attached hydrogen (secondary N) is 3. The Hall–Kier alpha value is -2.63. The maximum absolute atomic E-state index is 12.1. The van der Waals surface area contributed by atoms with Gasteiger partial charge in [0, 0.05) is 24.0 Å². The van der Waals surface area contributed by atoms with Crippen LogP contribution in [0.1, 0.15) is 43.9 Å². The first kappa shape index (κ1) is 18.7. The first-order valence-electron chi connectivity index (χ1n) is 8.81. The highest BCUT2D eigenvalue weighted by Gasteiger charge is 2.07. The minimum atomic E-state index is -0.356. The van der Waals surface area contributed by atoms with Crippen molar-refractivity contribution >= 4 is 23.5 Å². The van der Waals surface area contributed by atoms with Crippen molar-refractivity contribution in [2.75, 3.05) is 22.5 Å². The molecule has 0 unspecified atom stereocenters. The summed E-state index contributed by atoms with van der Waals surface area (Å²) < 4.78 is 0.